The summed E-state index contributed by atoms with van der Waals surface area (Å²) in [6.45, 7) is 11.0. The van der Waals surface area contributed by atoms with Crippen molar-refractivity contribution in [2.45, 2.75) is 85.1 Å². The number of rotatable bonds is 7. The average molecular weight is 406 g/mol. The van der Waals surface area contributed by atoms with Crippen molar-refractivity contribution in [3.8, 4) is 0 Å². The maximum absolute atomic E-state index is 12.9. The number of aromatic nitrogens is 3. The Balaban J connectivity index is 1.64. The van der Waals surface area contributed by atoms with Crippen molar-refractivity contribution >= 4 is 11.8 Å². The highest BCUT2D eigenvalue weighted by Crippen LogP contribution is 2.33. The molecule has 0 saturated carbocycles. The van der Waals surface area contributed by atoms with Crippen molar-refractivity contribution in [1.82, 2.24) is 25.2 Å². The normalized spacial score (nSPS) is 21.7. The van der Waals surface area contributed by atoms with Gasteiger partial charge in [0, 0.05) is 18.9 Å². The first kappa shape index (κ1) is 21.7. The number of hydrogen-bond donors (Lipinski definition) is 1. The molecule has 1 atom stereocenters. The number of nitrogens with one attached hydrogen (secondary N) is 1. The van der Waals surface area contributed by atoms with Gasteiger partial charge >= 0.3 is 0 Å². The SMILES string of the molecule is CCC(CC)C(=O)N1CCCC2(C1)Cn1nnc(CNC(=O)CC(C)C)c1CO2. The van der Waals surface area contributed by atoms with Gasteiger partial charge in [0.1, 0.15) is 11.3 Å². The number of fused-ring (bicyclic) bond motifs is 1. The third-order valence-corrected chi connectivity index (χ3v) is 6.10. The molecular weight excluding hydrogens is 370 g/mol. The fourth-order valence-electron chi connectivity index (χ4n) is 4.39. The third kappa shape index (κ3) is 4.97. The molecule has 1 unspecified atom stereocenters. The molecule has 1 fully saturated rings. The molecule has 162 valence electrons. The van der Waals surface area contributed by atoms with E-state index in [1.54, 1.807) is 0 Å². The van der Waals surface area contributed by atoms with Gasteiger partial charge in [0.15, 0.2) is 0 Å². The highest BCUT2D eigenvalue weighted by atomic mass is 16.5. The van der Waals surface area contributed by atoms with Crippen molar-refractivity contribution in [2.24, 2.45) is 11.8 Å². The molecule has 8 heteroatoms. The van der Waals surface area contributed by atoms with Gasteiger partial charge in [-0.25, -0.2) is 4.68 Å². The molecule has 0 aliphatic carbocycles. The van der Waals surface area contributed by atoms with E-state index in [2.05, 4.69) is 29.5 Å². The number of amides is 2. The number of ether oxygens (including phenoxy) is 1. The van der Waals surface area contributed by atoms with Gasteiger partial charge in [0.2, 0.25) is 11.8 Å². The summed E-state index contributed by atoms with van der Waals surface area (Å²) in [4.78, 5) is 26.8. The second kappa shape index (κ2) is 9.24. The Morgan fingerprint density at radius 2 is 2.00 bits per heavy atom. The summed E-state index contributed by atoms with van der Waals surface area (Å²) in [6, 6.07) is 0. The fourth-order valence-corrected chi connectivity index (χ4v) is 4.39. The molecule has 1 N–H and O–H groups in total. The quantitative estimate of drug-likeness (QED) is 0.752. The Morgan fingerprint density at radius 1 is 1.24 bits per heavy atom. The van der Waals surface area contributed by atoms with E-state index >= 15 is 0 Å². The summed E-state index contributed by atoms with van der Waals surface area (Å²) < 4.78 is 8.22. The van der Waals surface area contributed by atoms with Crippen LogP contribution in [-0.4, -0.2) is 50.4 Å². The first-order valence-electron chi connectivity index (χ1n) is 11.0. The van der Waals surface area contributed by atoms with Gasteiger partial charge in [0.25, 0.3) is 0 Å². The molecule has 0 radical (unpaired) electrons. The highest BCUT2D eigenvalue weighted by molar-refractivity contribution is 5.79. The lowest BCUT2D eigenvalue weighted by molar-refractivity contribution is -0.156. The zero-order valence-corrected chi connectivity index (χ0v) is 18.2. The van der Waals surface area contributed by atoms with E-state index in [9.17, 15) is 9.59 Å². The minimum Gasteiger partial charge on any atom is -0.365 e. The van der Waals surface area contributed by atoms with Crippen LogP contribution in [0.3, 0.4) is 0 Å². The van der Waals surface area contributed by atoms with Gasteiger partial charge in [-0.15, -0.1) is 5.10 Å². The molecule has 0 aromatic carbocycles. The van der Waals surface area contributed by atoms with E-state index in [4.69, 9.17) is 4.74 Å². The van der Waals surface area contributed by atoms with E-state index in [0.29, 0.717) is 38.6 Å². The minimum atomic E-state index is -0.390. The van der Waals surface area contributed by atoms with Crippen LogP contribution in [0.4, 0.5) is 0 Å². The predicted molar refractivity (Wildman–Crippen MR) is 109 cm³/mol. The minimum absolute atomic E-state index is 0.0257. The van der Waals surface area contributed by atoms with E-state index < -0.39 is 5.60 Å². The first-order chi connectivity index (χ1) is 13.9. The molecule has 29 heavy (non-hydrogen) atoms. The van der Waals surface area contributed by atoms with Crippen LogP contribution in [0.15, 0.2) is 0 Å². The van der Waals surface area contributed by atoms with Crippen molar-refractivity contribution < 1.29 is 14.3 Å². The summed E-state index contributed by atoms with van der Waals surface area (Å²) in [7, 11) is 0. The van der Waals surface area contributed by atoms with E-state index in [1.165, 1.54) is 0 Å². The molecule has 3 heterocycles. The Kier molecular flexibility index (Phi) is 6.93. The molecule has 1 saturated heterocycles. The maximum Gasteiger partial charge on any atom is 0.225 e. The number of nitrogens with zero attached hydrogens (tertiary/aromatic N) is 4. The molecule has 1 aromatic heterocycles. The van der Waals surface area contributed by atoms with Gasteiger partial charge in [-0.1, -0.05) is 32.9 Å². The lowest BCUT2D eigenvalue weighted by Crippen LogP contribution is -2.56. The Labute approximate surface area is 173 Å². The Morgan fingerprint density at radius 3 is 2.69 bits per heavy atom. The van der Waals surface area contributed by atoms with E-state index in [1.807, 2.05) is 23.4 Å². The molecule has 2 aliphatic heterocycles. The van der Waals surface area contributed by atoms with Crippen LogP contribution in [0.5, 0.6) is 0 Å². The average Bonchev–Trinajstić information content (AvgIpc) is 3.08. The second-order valence-electron chi connectivity index (χ2n) is 8.86. The van der Waals surface area contributed by atoms with Crippen LogP contribution >= 0.6 is 0 Å². The maximum atomic E-state index is 12.9. The van der Waals surface area contributed by atoms with E-state index in [-0.39, 0.29) is 17.7 Å². The van der Waals surface area contributed by atoms with Crippen LogP contribution in [0.1, 0.15) is 71.2 Å². The van der Waals surface area contributed by atoms with Crippen molar-refractivity contribution in [1.29, 1.82) is 0 Å². The van der Waals surface area contributed by atoms with Gasteiger partial charge in [-0.2, -0.15) is 0 Å². The van der Waals surface area contributed by atoms with Gasteiger partial charge in [-0.3, -0.25) is 9.59 Å². The summed E-state index contributed by atoms with van der Waals surface area (Å²) >= 11 is 0. The molecule has 1 aromatic rings. The predicted octanol–water partition coefficient (Wildman–Crippen LogP) is 2.27. The lowest BCUT2D eigenvalue weighted by atomic mass is 9.89. The fraction of sp³-hybridized carbons (Fsp3) is 0.810. The van der Waals surface area contributed by atoms with E-state index in [0.717, 1.165) is 43.6 Å². The third-order valence-electron chi connectivity index (χ3n) is 6.10. The van der Waals surface area contributed by atoms with Crippen LogP contribution in [-0.2, 0) is 34.0 Å². The van der Waals surface area contributed by atoms with Crippen LogP contribution < -0.4 is 5.32 Å². The standard InChI is InChI=1S/C21H35N5O3/c1-5-16(6-2)20(28)25-9-7-8-21(13-25)14-26-18(12-29-21)17(23-24-26)11-22-19(27)10-15(3)4/h15-16H,5-14H2,1-4H3,(H,22,27). The number of carbonyl (C=O) groups is 2. The molecule has 0 bridgehead atoms. The summed E-state index contributed by atoms with van der Waals surface area (Å²) in [5, 5.41) is 11.5. The Bertz CT molecular complexity index is 728. The molecule has 1 spiro atoms. The monoisotopic (exact) mass is 405 g/mol. The summed E-state index contributed by atoms with van der Waals surface area (Å²) in [6.07, 6.45) is 4.11. The molecule has 2 aliphatic rings. The van der Waals surface area contributed by atoms with Crippen molar-refractivity contribution in [2.75, 3.05) is 13.1 Å². The molecule has 2 amide bonds. The molecule has 8 nitrogen and oxygen atoms in total. The first-order valence-corrected chi connectivity index (χ1v) is 11.0. The van der Waals surface area contributed by atoms with Crippen molar-refractivity contribution in [3.63, 3.8) is 0 Å². The van der Waals surface area contributed by atoms with Crippen molar-refractivity contribution in [3.05, 3.63) is 11.4 Å². The number of likely N-dealkylation sites (tertiary alicyclic amines) is 1. The van der Waals surface area contributed by atoms with Gasteiger partial charge < -0.3 is 15.0 Å². The number of carbonyl (C=O) groups excluding carboxylic acids is 2. The van der Waals surface area contributed by atoms with Gasteiger partial charge in [0.05, 0.1) is 31.9 Å². The van der Waals surface area contributed by atoms with Gasteiger partial charge in [-0.05, 0) is 31.6 Å². The molecule has 3 rings (SSSR count). The Hall–Kier alpha value is -1.96. The number of hydrogen-bond acceptors (Lipinski definition) is 5. The number of piperidine rings is 1. The van der Waals surface area contributed by atoms with Crippen LogP contribution in [0.2, 0.25) is 0 Å². The summed E-state index contributed by atoms with van der Waals surface area (Å²) in [5.74, 6) is 0.689. The van der Waals surface area contributed by atoms with Crippen LogP contribution in [0.25, 0.3) is 0 Å². The second-order valence-corrected chi connectivity index (χ2v) is 8.86. The zero-order valence-electron chi connectivity index (χ0n) is 18.2. The topological polar surface area (TPSA) is 89.4 Å². The molecular formula is C21H35N5O3. The zero-order chi connectivity index (χ0) is 21.0. The van der Waals surface area contributed by atoms with Crippen LogP contribution in [0, 0.1) is 11.8 Å². The highest BCUT2D eigenvalue weighted by Gasteiger charge is 2.43. The lowest BCUT2D eigenvalue weighted by Gasteiger charge is -2.45. The smallest absolute Gasteiger partial charge is 0.225 e. The largest absolute Gasteiger partial charge is 0.365 e. The summed E-state index contributed by atoms with van der Waals surface area (Å²) in [5.41, 5.74) is 1.29.